The van der Waals surface area contributed by atoms with Crippen molar-refractivity contribution in [1.29, 1.82) is 0 Å². The molecular weight excluding hydrogens is 295 g/mol. The first kappa shape index (κ1) is 17.1. The van der Waals surface area contributed by atoms with Gasteiger partial charge in [0.1, 0.15) is 5.82 Å². The van der Waals surface area contributed by atoms with Crippen LogP contribution >= 0.6 is 12.4 Å². The van der Waals surface area contributed by atoms with E-state index in [0.29, 0.717) is 29.9 Å². The average Bonchev–Trinajstić information content (AvgIpc) is 2.93. The number of nitrogens with zero attached hydrogens (tertiary/aromatic N) is 2. The van der Waals surface area contributed by atoms with Crippen molar-refractivity contribution in [1.82, 2.24) is 20.4 Å². The molecule has 2 rings (SSSR count). The molecule has 7 heteroatoms. The minimum atomic E-state index is -0.385. The fraction of sp³-hybridized carbons (Fsp3) is 0.286. The van der Waals surface area contributed by atoms with E-state index in [1.807, 2.05) is 7.05 Å². The van der Waals surface area contributed by atoms with Gasteiger partial charge in [0.2, 0.25) is 0 Å². The predicted molar refractivity (Wildman–Crippen MR) is 82.1 cm³/mol. The third-order valence-corrected chi connectivity index (χ3v) is 3.06. The van der Waals surface area contributed by atoms with Gasteiger partial charge in [0.05, 0.1) is 17.5 Å². The fourth-order valence-corrected chi connectivity index (χ4v) is 1.90. The minimum absolute atomic E-state index is 0. The number of likely N-dealkylation sites (N-methyl/N-ethyl adjacent to an activating group) is 2. The van der Waals surface area contributed by atoms with Crippen molar-refractivity contribution in [2.45, 2.75) is 0 Å². The smallest absolute Gasteiger partial charge is 0.257 e. The first-order valence-corrected chi connectivity index (χ1v) is 6.33. The second-order valence-electron chi connectivity index (χ2n) is 4.47. The summed E-state index contributed by atoms with van der Waals surface area (Å²) in [6.45, 7) is 1.26. The molecule has 1 aromatic carbocycles. The molecule has 1 heterocycles. The van der Waals surface area contributed by atoms with Crippen LogP contribution in [0.5, 0.6) is 0 Å². The summed E-state index contributed by atoms with van der Waals surface area (Å²) in [6.07, 6.45) is 1.43. The number of rotatable bonds is 5. The molecule has 0 spiro atoms. The molecular formula is C14H18ClFN4O. The summed E-state index contributed by atoms with van der Waals surface area (Å²) >= 11 is 0. The first-order valence-electron chi connectivity index (χ1n) is 6.33. The summed E-state index contributed by atoms with van der Waals surface area (Å²) < 4.78 is 13.8. The molecule has 2 N–H and O–H groups in total. The first-order chi connectivity index (χ1) is 9.65. The zero-order valence-corrected chi connectivity index (χ0v) is 12.7. The van der Waals surface area contributed by atoms with Crippen molar-refractivity contribution < 1.29 is 9.18 Å². The van der Waals surface area contributed by atoms with E-state index < -0.39 is 0 Å². The van der Waals surface area contributed by atoms with Crippen LogP contribution in [0.2, 0.25) is 0 Å². The number of carbonyl (C=O) groups is 1. The molecule has 0 aliphatic rings. The van der Waals surface area contributed by atoms with Gasteiger partial charge in [0.25, 0.3) is 5.91 Å². The fourth-order valence-electron chi connectivity index (χ4n) is 1.90. The Hall–Kier alpha value is -1.92. The molecule has 0 aliphatic carbocycles. The predicted octanol–water partition coefficient (Wildman–Crippen LogP) is 1.93. The molecule has 1 aromatic heterocycles. The molecule has 0 fully saturated rings. The lowest BCUT2D eigenvalue weighted by atomic mass is 10.1. The molecule has 2 aromatic rings. The number of aromatic amines is 1. The minimum Gasteiger partial charge on any atom is -0.340 e. The van der Waals surface area contributed by atoms with Crippen LogP contribution < -0.4 is 5.32 Å². The van der Waals surface area contributed by atoms with E-state index in [2.05, 4.69) is 15.5 Å². The maximum Gasteiger partial charge on any atom is 0.257 e. The molecule has 0 saturated carbocycles. The van der Waals surface area contributed by atoms with Gasteiger partial charge in [0, 0.05) is 25.7 Å². The van der Waals surface area contributed by atoms with Gasteiger partial charge in [-0.05, 0) is 19.2 Å². The van der Waals surface area contributed by atoms with Gasteiger partial charge in [-0.25, -0.2) is 4.39 Å². The second-order valence-corrected chi connectivity index (χ2v) is 4.47. The third-order valence-electron chi connectivity index (χ3n) is 3.06. The van der Waals surface area contributed by atoms with Crippen molar-refractivity contribution in [3.8, 4) is 11.3 Å². The molecule has 21 heavy (non-hydrogen) atoms. The number of amides is 1. The van der Waals surface area contributed by atoms with Crippen LogP contribution in [0.1, 0.15) is 10.4 Å². The van der Waals surface area contributed by atoms with Crippen molar-refractivity contribution in [3.05, 3.63) is 41.8 Å². The number of carbonyl (C=O) groups excluding carboxylic acids is 1. The normalized spacial score (nSPS) is 10.0. The van der Waals surface area contributed by atoms with Gasteiger partial charge < -0.3 is 10.2 Å². The Bertz CT molecular complexity index is 602. The Kier molecular flexibility index (Phi) is 6.33. The molecule has 114 valence electrons. The van der Waals surface area contributed by atoms with Crippen LogP contribution in [0.3, 0.4) is 0 Å². The maximum atomic E-state index is 13.8. The van der Waals surface area contributed by atoms with Crippen LogP contribution in [-0.2, 0) is 0 Å². The zero-order chi connectivity index (χ0) is 14.5. The summed E-state index contributed by atoms with van der Waals surface area (Å²) in [4.78, 5) is 13.9. The Labute approximate surface area is 129 Å². The lowest BCUT2D eigenvalue weighted by molar-refractivity contribution is 0.0797. The summed E-state index contributed by atoms with van der Waals surface area (Å²) in [6, 6.07) is 6.30. The average molecular weight is 313 g/mol. The number of benzene rings is 1. The van der Waals surface area contributed by atoms with Gasteiger partial charge in [-0.1, -0.05) is 12.1 Å². The highest BCUT2D eigenvalue weighted by Gasteiger charge is 2.20. The molecule has 0 saturated heterocycles. The van der Waals surface area contributed by atoms with Crippen LogP contribution in [-0.4, -0.2) is 48.2 Å². The van der Waals surface area contributed by atoms with E-state index >= 15 is 0 Å². The van der Waals surface area contributed by atoms with Crippen molar-refractivity contribution in [2.24, 2.45) is 0 Å². The Balaban J connectivity index is 0.00000220. The zero-order valence-electron chi connectivity index (χ0n) is 11.9. The number of aromatic nitrogens is 2. The number of hydrogen-bond donors (Lipinski definition) is 2. The quantitative estimate of drug-likeness (QED) is 0.887. The van der Waals surface area contributed by atoms with Gasteiger partial charge in [-0.15, -0.1) is 12.4 Å². The highest BCUT2D eigenvalue weighted by atomic mass is 35.5. The number of halogens is 2. The Morgan fingerprint density at radius 3 is 2.81 bits per heavy atom. The topological polar surface area (TPSA) is 61.0 Å². The van der Waals surface area contributed by atoms with E-state index in [0.717, 1.165) is 0 Å². The van der Waals surface area contributed by atoms with Gasteiger partial charge >= 0.3 is 0 Å². The van der Waals surface area contributed by atoms with Gasteiger partial charge in [-0.2, -0.15) is 5.10 Å². The Morgan fingerprint density at radius 2 is 2.14 bits per heavy atom. The molecule has 0 aliphatic heterocycles. The highest BCUT2D eigenvalue weighted by Crippen LogP contribution is 2.24. The van der Waals surface area contributed by atoms with Crippen LogP contribution in [0.15, 0.2) is 30.5 Å². The molecule has 0 atom stereocenters. The lowest BCUT2D eigenvalue weighted by Gasteiger charge is -2.16. The van der Waals surface area contributed by atoms with Gasteiger partial charge in [0.15, 0.2) is 0 Å². The lowest BCUT2D eigenvalue weighted by Crippen LogP contribution is -2.32. The highest BCUT2D eigenvalue weighted by molar-refractivity contribution is 5.99. The van der Waals surface area contributed by atoms with Crippen molar-refractivity contribution in [3.63, 3.8) is 0 Å². The van der Waals surface area contributed by atoms with E-state index in [9.17, 15) is 9.18 Å². The number of nitrogens with one attached hydrogen (secondary N) is 2. The SMILES string of the molecule is CNCCN(C)C(=O)c1cn[nH]c1-c1ccccc1F.Cl. The summed E-state index contributed by atoms with van der Waals surface area (Å²) in [5.74, 6) is -0.573. The monoisotopic (exact) mass is 312 g/mol. The molecule has 5 nitrogen and oxygen atoms in total. The third kappa shape index (κ3) is 3.80. The van der Waals surface area contributed by atoms with Crippen molar-refractivity contribution in [2.75, 3.05) is 27.2 Å². The van der Waals surface area contributed by atoms with E-state index in [-0.39, 0.29) is 24.1 Å². The number of hydrogen-bond acceptors (Lipinski definition) is 3. The molecule has 1 amide bonds. The van der Waals surface area contributed by atoms with E-state index in [1.165, 1.54) is 12.3 Å². The molecule has 0 radical (unpaired) electrons. The largest absolute Gasteiger partial charge is 0.340 e. The standard InChI is InChI=1S/C14H17FN4O.ClH/c1-16-7-8-19(2)14(20)11-9-17-18-13(11)10-5-3-4-6-12(10)15;/h3-6,9,16H,7-8H2,1-2H3,(H,17,18);1H. The van der Waals surface area contributed by atoms with Crippen LogP contribution in [0.4, 0.5) is 4.39 Å². The second kappa shape index (κ2) is 7.75. The van der Waals surface area contributed by atoms with E-state index in [1.54, 1.807) is 30.1 Å². The van der Waals surface area contributed by atoms with Gasteiger partial charge in [-0.3, -0.25) is 9.89 Å². The summed E-state index contributed by atoms with van der Waals surface area (Å²) in [7, 11) is 3.53. The Morgan fingerprint density at radius 1 is 1.43 bits per heavy atom. The molecule has 0 bridgehead atoms. The number of H-pyrrole nitrogens is 1. The summed E-state index contributed by atoms with van der Waals surface area (Å²) in [5.41, 5.74) is 1.12. The van der Waals surface area contributed by atoms with Crippen LogP contribution in [0.25, 0.3) is 11.3 Å². The van der Waals surface area contributed by atoms with Crippen molar-refractivity contribution >= 4 is 18.3 Å². The maximum absolute atomic E-state index is 13.8. The van der Waals surface area contributed by atoms with Crippen LogP contribution in [0, 0.1) is 5.82 Å². The van der Waals surface area contributed by atoms with E-state index in [4.69, 9.17) is 0 Å². The molecule has 0 unspecified atom stereocenters. The summed E-state index contributed by atoms with van der Waals surface area (Å²) in [5, 5.41) is 9.55.